The van der Waals surface area contributed by atoms with Gasteiger partial charge in [0.05, 0.1) is 38.1 Å². The first kappa shape index (κ1) is 53.5. The van der Waals surface area contributed by atoms with Gasteiger partial charge in [-0.2, -0.15) is 0 Å². The van der Waals surface area contributed by atoms with Crippen molar-refractivity contribution in [1.82, 2.24) is 0 Å². The second-order valence-electron chi connectivity index (χ2n) is 14.9. The molecule has 1 saturated heterocycles. The Labute approximate surface area is 338 Å². The van der Waals surface area contributed by atoms with Gasteiger partial charge in [-0.25, -0.2) is 9.13 Å². The lowest BCUT2D eigenvalue weighted by Crippen LogP contribution is -2.43. The number of ether oxygens (including phenoxy) is 3. The highest BCUT2D eigenvalue weighted by Gasteiger charge is 2.35. The first-order valence-electron chi connectivity index (χ1n) is 20.3. The predicted octanol–water partition coefficient (Wildman–Crippen LogP) is 5.52. The van der Waals surface area contributed by atoms with Crippen LogP contribution < -0.4 is 0 Å². The van der Waals surface area contributed by atoms with Crippen molar-refractivity contribution in [3.05, 3.63) is 24.3 Å². The summed E-state index contributed by atoms with van der Waals surface area (Å²) < 4.78 is 53.2. The van der Waals surface area contributed by atoms with Crippen LogP contribution in [0.25, 0.3) is 0 Å². The molecule has 19 heteroatoms. The first-order valence-corrected chi connectivity index (χ1v) is 23.3. The topological polar surface area (TPSA) is 265 Å². The van der Waals surface area contributed by atoms with Gasteiger partial charge in [0, 0.05) is 25.2 Å². The maximum absolute atomic E-state index is 12.7. The van der Waals surface area contributed by atoms with Crippen LogP contribution >= 0.6 is 15.6 Å². The van der Waals surface area contributed by atoms with Gasteiger partial charge < -0.3 is 49.3 Å². The number of phosphoric ester groups is 2. The van der Waals surface area contributed by atoms with E-state index in [1.807, 2.05) is 12.2 Å². The van der Waals surface area contributed by atoms with Gasteiger partial charge in [0.2, 0.25) is 0 Å². The zero-order valence-electron chi connectivity index (χ0n) is 33.9. The van der Waals surface area contributed by atoms with E-state index in [0.29, 0.717) is 38.0 Å². The van der Waals surface area contributed by atoms with Gasteiger partial charge in [-0.15, -0.1) is 0 Å². The van der Waals surface area contributed by atoms with E-state index in [1.54, 1.807) is 12.2 Å². The monoisotopic (exact) mass is 860 g/mol. The lowest BCUT2D eigenvalue weighted by molar-refractivity contribution is -0.199. The molecule has 0 aromatic carbocycles. The lowest BCUT2D eigenvalue weighted by Gasteiger charge is -2.36. The average Bonchev–Trinajstić information content (AvgIpc) is 3.13. The number of carbonyl (C=O) groups is 2. The summed E-state index contributed by atoms with van der Waals surface area (Å²) in [6.07, 6.45) is 12.7. The molecule has 0 saturated carbocycles. The van der Waals surface area contributed by atoms with E-state index in [0.717, 1.165) is 44.9 Å². The van der Waals surface area contributed by atoms with Gasteiger partial charge in [-0.1, -0.05) is 103 Å². The maximum Gasteiger partial charge on any atom is 0.472 e. The molecular weight excluding hydrogens is 790 g/mol. The van der Waals surface area contributed by atoms with E-state index >= 15 is 0 Å². The Hall–Kier alpha value is -1.56. The normalized spacial score (nSPS) is 21.8. The summed E-state index contributed by atoms with van der Waals surface area (Å²) in [5.74, 6) is -0.924. The van der Waals surface area contributed by atoms with Crippen LogP contribution in [0.15, 0.2) is 24.3 Å². The summed E-state index contributed by atoms with van der Waals surface area (Å²) in [6, 6.07) is 0. The van der Waals surface area contributed by atoms with Crippen LogP contribution in [-0.4, -0.2) is 110 Å². The van der Waals surface area contributed by atoms with Crippen LogP contribution in [0.2, 0.25) is 0 Å². The summed E-state index contributed by atoms with van der Waals surface area (Å²) in [5.41, 5.74) is 0. The molecule has 0 bridgehead atoms. The van der Waals surface area contributed by atoms with Crippen molar-refractivity contribution in [2.24, 2.45) is 11.8 Å². The molecule has 0 aromatic heterocycles. The van der Waals surface area contributed by atoms with Gasteiger partial charge >= 0.3 is 27.6 Å². The van der Waals surface area contributed by atoms with Crippen LogP contribution in [0, 0.1) is 11.8 Å². The quantitative estimate of drug-likeness (QED) is 0.0185. The highest BCUT2D eigenvalue weighted by molar-refractivity contribution is 7.47. The van der Waals surface area contributed by atoms with Crippen molar-refractivity contribution < 1.29 is 81.6 Å². The van der Waals surface area contributed by atoms with E-state index < -0.39 is 90.8 Å². The third-order valence-electron chi connectivity index (χ3n) is 9.06. The molecule has 17 nitrogen and oxygen atoms in total. The Morgan fingerprint density at radius 3 is 2.11 bits per heavy atom. The molecule has 0 aromatic rings. The minimum atomic E-state index is -4.90. The van der Waals surface area contributed by atoms with Crippen molar-refractivity contribution in [3.8, 4) is 0 Å². The molecule has 334 valence electrons. The second kappa shape index (κ2) is 30.5. The molecule has 0 aliphatic carbocycles. The standard InChI is InChI=1S/C38H70O17P2/c1-4-5-12-18-30(39)22-23-35-33(34(41)24-38(44)55-35)19-14-10-11-16-21-37(43)54-32(27-50-36(42)20-15-9-7-6-8-13-17-29(2)3)28-53-57(48,49)52-26-31(40)25-51-56(45,46)47/h10,14,22-23,29-35,38-41,44H,4-9,11-13,15-21,24-28H2,1-3H3,(H,48,49)(H2,45,46,47)/b14-10-,23-22+/t30-,31-,32+,33-,34-,35+,38?/m0/s1. The van der Waals surface area contributed by atoms with E-state index in [2.05, 4.69) is 29.8 Å². The fraction of sp³-hybridized carbons (Fsp3) is 0.842. The highest BCUT2D eigenvalue weighted by atomic mass is 31.2. The minimum Gasteiger partial charge on any atom is -0.462 e. The molecule has 1 heterocycles. The molecule has 1 aliphatic heterocycles. The van der Waals surface area contributed by atoms with Crippen molar-refractivity contribution in [2.75, 3.05) is 26.4 Å². The molecular formula is C38H70O17P2. The minimum absolute atomic E-state index is 0.0563. The van der Waals surface area contributed by atoms with Gasteiger partial charge in [0.15, 0.2) is 12.4 Å². The first-order chi connectivity index (χ1) is 26.9. The van der Waals surface area contributed by atoms with Gasteiger partial charge in [-0.3, -0.25) is 23.2 Å². The number of esters is 2. The van der Waals surface area contributed by atoms with Crippen molar-refractivity contribution in [1.29, 1.82) is 0 Å². The second-order valence-corrected chi connectivity index (χ2v) is 17.6. The largest absolute Gasteiger partial charge is 0.472 e. The Kier molecular flexibility index (Phi) is 28.6. The zero-order valence-corrected chi connectivity index (χ0v) is 35.7. The summed E-state index contributed by atoms with van der Waals surface area (Å²) in [4.78, 5) is 52.7. The smallest absolute Gasteiger partial charge is 0.462 e. The Morgan fingerprint density at radius 1 is 0.789 bits per heavy atom. The van der Waals surface area contributed by atoms with Gasteiger partial charge in [-0.05, 0) is 38.0 Å². The summed E-state index contributed by atoms with van der Waals surface area (Å²) >= 11 is 0. The molecule has 1 fully saturated rings. The zero-order chi connectivity index (χ0) is 42.7. The molecule has 0 amide bonds. The Morgan fingerprint density at radius 2 is 1.42 bits per heavy atom. The third-order valence-corrected chi connectivity index (χ3v) is 10.5. The number of allylic oxidation sites excluding steroid dienone is 2. The number of phosphoric acid groups is 2. The Balaban J connectivity index is 2.66. The van der Waals surface area contributed by atoms with Crippen molar-refractivity contribution in [2.45, 2.75) is 167 Å². The predicted molar refractivity (Wildman–Crippen MR) is 210 cm³/mol. The highest BCUT2D eigenvalue weighted by Crippen LogP contribution is 2.44. The van der Waals surface area contributed by atoms with Crippen LogP contribution in [0.1, 0.15) is 130 Å². The fourth-order valence-electron chi connectivity index (χ4n) is 5.86. The number of aliphatic hydroxyl groups is 4. The lowest BCUT2D eigenvalue weighted by atomic mass is 9.87. The number of aliphatic hydroxyl groups excluding tert-OH is 4. The van der Waals surface area contributed by atoms with E-state index in [-0.39, 0.29) is 25.2 Å². The van der Waals surface area contributed by atoms with Crippen LogP contribution in [0.4, 0.5) is 0 Å². The van der Waals surface area contributed by atoms with Crippen LogP contribution in [0.3, 0.4) is 0 Å². The average molecular weight is 861 g/mol. The molecule has 0 spiro atoms. The van der Waals surface area contributed by atoms with Crippen molar-refractivity contribution in [3.63, 3.8) is 0 Å². The Bertz CT molecular complexity index is 1240. The van der Waals surface area contributed by atoms with Gasteiger partial charge in [0.25, 0.3) is 0 Å². The number of carbonyl (C=O) groups excluding carboxylic acids is 2. The third kappa shape index (κ3) is 29.3. The van der Waals surface area contributed by atoms with E-state index in [9.17, 15) is 44.0 Å². The molecule has 8 atom stereocenters. The molecule has 1 aliphatic rings. The molecule has 1 rings (SSSR count). The molecule has 7 N–H and O–H groups in total. The van der Waals surface area contributed by atoms with E-state index in [1.165, 1.54) is 12.8 Å². The summed E-state index contributed by atoms with van der Waals surface area (Å²) in [6.45, 7) is 3.50. The van der Waals surface area contributed by atoms with Crippen molar-refractivity contribution >= 4 is 27.6 Å². The van der Waals surface area contributed by atoms with Crippen LogP contribution in [-0.2, 0) is 46.5 Å². The maximum atomic E-state index is 12.7. The summed E-state index contributed by atoms with van der Waals surface area (Å²) in [7, 11) is -9.77. The summed E-state index contributed by atoms with van der Waals surface area (Å²) in [5, 5.41) is 40.7. The van der Waals surface area contributed by atoms with Crippen LogP contribution in [0.5, 0.6) is 0 Å². The number of hydrogen-bond acceptors (Lipinski definition) is 14. The number of rotatable bonds is 33. The van der Waals surface area contributed by atoms with E-state index in [4.69, 9.17) is 28.5 Å². The SMILES string of the molecule is CCCCC[C@H](O)/C=C/[C@H]1OC(O)C[C@H](O)[C@@H]1C/C=C\CCCC(=O)O[C@H](COC(=O)CCCCCCCCC(C)C)COP(=O)(O)OC[C@@H](O)COP(=O)(O)O. The van der Waals surface area contributed by atoms with Gasteiger partial charge in [0.1, 0.15) is 12.7 Å². The molecule has 2 unspecified atom stereocenters. The fourth-order valence-corrected chi connectivity index (χ4v) is 7.02. The molecule has 57 heavy (non-hydrogen) atoms. The number of hydrogen-bond donors (Lipinski definition) is 7. The number of unbranched alkanes of at least 4 members (excludes halogenated alkanes) is 8. The molecule has 0 radical (unpaired) electrons.